The van der Waals surface area contributed by atoms with E-state index in [2.05, 4.69) is 16.3 Å². The van der Waals surface area contributed by atoms with Crippen LogP contribution in [-0.2, 0) is 0 Å². The summed E-state index contributed by atoms with van der Waals surface area (Å²) in [6.45, 7) is 0.705. The van der Waals surface area contributed by atoms with E-state index in [-0.39, 0.29) is 5.43 Å². The average molecular weight is 240 g/mol. The molecule has 0 fully saturated rings. The van der Waals surface area contributed by atoms with E-state index in [1.54, 1.807) is 6.07 Å². The lowest BCUT2D eigenvalue weighted by Gasteiger charge is -2.10. The van der Waals surface area contributed by atoms with E-state index in [0.717, 1.165) is 5.75 Å². The topological polar surface area (TPSA) is 52.1 Å². The van der Waals surface area contributed by atoms with Crippen LogP contribution < -0.4 is 10.2 Å². The molecule has 1 aromatic heterocycles. The summed E-state index contributed by atoms with van der Waals surface area (Å²) < 4.78 is 5.34. The van der Waals surface area contributed by atoms with Crippen molar-refractivity contribution in [3.05, 3.63) is 70.7 Å². The summed E-state index contributed by atoms with van der Waals surface area (Å²) >= 11 is 0. The van der Waals surface area contributed by atoms with Gasteiger partial charge < -0.3 is 4.74 Å². The number of para-hydroxylation sites is 1. The van der Waals surface area contributed by atoms with Gasteiger partial charge in [0.25, 0.3) is 0 Å². The van der Waals surface area contributed by atoms with E-state index in [4.69, 9.17) is 4.74 Å². The van der Waals surface area contributed by atoms with Crippen LogP contribution >= 0.6 is 0 Å². The number of nitrogens with zero attached hydrogens (tertiary/aromatic N) is 2. The van der Waals surface area contributed by atoms with Gasteiger partial charge in [-0.15, -0.1) is 0 Å². The lowest BCUT2D eigenvalue weighted by Crippen LogP contribution is -1.98. The predicted molar refractivity (Wildman–Crippen MR) is 69.3 cm³/mol. The number of fused-ring (bicyclic) bond motifs is 1. The van der Waals surface area contributed by atoms with Gasteiger partial charge in [-0.25, -0.2) is 0 Å². The number of aromatic nitrogens is 2. The average Bonchev–Trinajstić information content (AvgIpc) is 2.67. The highest BCUT2D eigenvalue weighted by Crippen LogP contribution is 2.21. The quantitative estimate of drug-likeness (QED) is 0.706. The molecule has 1 aliphatic heterocycles. The summed E-state index contributed by atoms with van der Waals surface area (Å²) in [4.78, 5) is 10.4. The molecule has 18 heavy (non-hydrogen) atoms. The molecule has 0 radical (unpaired) electrons. The van der Waals surface area contributed by atoms with Gasteiger partial charge in [0.2, 0.25) is 0 Å². The predicted octanol–water partition coefficient (Wildman–Crippen LogP) is 1.93. The van der Waals surface area contributed by atoms with Crippen LogP contribution in [0.25, 0.3) is 6.08 Å². The normalized spacial score (nSPS) is 11.6. The molecule has 0 saturated carbocycles. The molecule has 0 bridgehead atoms. The van der Waals surface area contributed by atoms with Crippen molar-refractivity contribution in [2.75, 3.05) is 6.61 Å². The minimum Gasteiger partial charge on any atom is -0.489 e. The molecular formula is C14H12N2O2. The first-order valence-electron chi connectivity index (χ1n) is 5.51. The number of hydrogen-bond donors (Lipinski definition) is 0. The van der Waals surface area contributed by atoms with Crippen LogP contribution in [0.2, 0.25) is 0 Å². The molecule has 1 aliphatic rings. The maximum atomic E-state index is 10.4. The van der Waals surface area contributed by atoms with Crippen molar-refractivity contribution in [3.8, 4) is 5.75 Å². The molecule has 0 N–H and O–H groups in total. The van der Waals surface area contributed by atoms with Crippen molar-refractivity contribution >= 4 is 6.08 Å². The minimum absolute atomic E-state index is 0.123. The number of hydrogen-bond acceptors (Lipinski definition) is 4. The van der Waals surface area contributed by atoms with Crippen molar-refractivity contribution in [3.63, 3.8) is 0 Å². The van der Waals surface area contributed by atoms with Gasteiger partial charge >= 0.3 is 0 Å². The highest BCUT2D eigenvalue weighted by molar-refractivity contribution is 5.58. The molecule has 2 aromatic rings. The summed E-state index contributed by atoms with van der Waals surface area (Å²) in [6, 6.07) is 11.0. The maximum absolute atomic E-state index is 10.4. The first-order valence-corrected chi connectivity index (χ1v) is 5.51. The van der Waals surface area contributed by atoms with Crippen LogP contribution in [0.15, 0.2) is 59.7 Å². The van der Waals surface area contributed by atoms with Crippen LogP contribution in [0.3, 0.4) is 0 Å². The van der Waals surface area contributed by atoms with Crippen molar-refractivity contribution in [1.82, 2.24) is 10.2 Å². The van der Waals surface area contributed by atoms with Gasteiger partial charge in [0.1, 0.15) is 12.4 Å². The van der Waals surface area contributed by atoms with Crippen LogP contribution in [0.1, 0.15) is 5.56 Å². The third kappa shape index (κ3) is 3.52. The monoisotopic (exact) mass is 240 g/mol. The molecule has 0 aliphatic carbocycles. The molecule has 1 aromatic carbocycles. The smallest absolute Gasteiger partial charge is 0.198 e. The van der Waals surface area contributed by atoms with E-state index in [0.29, 0.717) is 6.61 Å². The van der Waals surface area contributed by atoms with Crippen molar-refractivity contribution in [1.29, 1.82) is 0 Å². The molecule has 0 spiro atoms. The number of rotatable bonds is 0. The third-order valence-electron chi connectivity index (χ3n) is 2.22. The first-order chi connectivity index (χ1) is 8.86. The standard InChI is InChI=1S/C9H8O.C5H4N2O/c1-2-6-9-8(4-1)5-3-7-10-9;8-5-2-1-3-6-7-4-5/h1-6H,7H2;1-4H. The highest BCUT2D eigenvalue weighted by atomic mass is 16.5. The Bertz CT molecular complexity index is 575. The van der Waals surface area contributed by atoms with Crippen molar-refractivity contribution in [2.24, 2.45) is 0 Å². The fourth-order valence-corrected chi connectivity index (χ4v) is 1.41. The summed E-state index contributed by atoms with van der Waals surface area (Å²) in [7, 11) is 0. The molecule has 4 nitrogen and oxygen atoms in total. The molecule has 4 heteroatoms. The summed E-state index contributed by atoms with van der Waals surface area (Å²) in [5, 5.41) is 6.84. The molecule has 3 rings (SSSR count). The van der Waals surface area contributed by atoms with E-state index >= 15 is 0 Å². The Balaban J connectivity index is 0.000000138. The van der Waals surface area contributed by atoms with Crippen LogP contribution in [0.4, 0.5) is 0 Å². The van der Waals surface area contributed by atoms with Crippen molar-refractivity contribution in [2.45, 2.75) is 0 Å². The SMILES string of the molecule is C1=Cc2ccccc2OC1.O=c1cccnnc1. The summed E-state index contributed by atoms with van der Waals surface area (Å²) in [5.74, 6) is 0.991. The van der Waals surface area contributed by atoms with E-state index < -0.39 is 0 Å². The third-order valence-corrected chi connectivity index (χ3v) is 2.22. The Morgan fingerprint density at radius 1 is 1.06 bits per heavy atom. The van der Waals surface area contributed by atoms with Gasteiger partial charge in [-0.3, -0.25) is 4.79 Å². The summed E-state index contributed by atoms with van der Waals surface area (Å²) in [5.41, 5.74) is 1.05. The molecule has 0 atom stereocenters. The molecule has 0 saturated heterocycles. The Labute approximate surface area is 105 Å². The lowest BCUT2D eigenvalue weighted by molar-refractivity contribution is 0.358. The second-order valence-corrected chi connectivity index (χ2v) is 3.52. The first kappa shape index (κ1) is 12.0. The maximum Gasteiger partial charge on any atom is 0.198 e. The fourth-order valence-electron chi connectivity index (χ4n) is 1.41. The molecule has 2 heterocycles. The second kappa shape index (κ2) is 6.30. The van der Waals surface area contributed by atoms with Crippen LogP contribution in [-0.4, -0.2) is 16.8 Å². The zero-order valence-corrected chi connectivity index (χ0v) is 9.69. The fraction of sp³-hybridized carbons (Fsp3) is 0.0714. The van der Waals surface area contributed by atoms with Gasteiger partial charge in [-0.05, 0) is 24.3 Å². The van der Waals surface area contributed by atoms with Gasteiger partial charge in [0, 0.05) is 11.8 Å². The lowest BCUT2D eigenvalue weighted by atomic mass is 10.1. The zero-order chi connectivity index (χ0) is 12.6. The van der Waals surface area contributed by atoms with Gasteiger partial charge in [0.05, 0.1) is 6.20 Å². The Morgan fingerprint density at radius 2 is 1.94 bits per heavy atom. The Kier molecular flexibility index (Phi) is 4.19. The molecular weight excluding hydrogens is 228 g/mol. The number of benzene rings is 1. The highest BCUT2D eigenvalue weighted by Gasteiger charge is 2.01. The Morgan fingerprint density at radius 3 is 2.83 bits per heavy atom. The number of ether oxygens (including phenoxy) is 1. The van der Waals surface area contributed by atoms with E-state index in [9.17, 15) is 4.79 Å². The largest absolute Gasteiger partial charge is 0.489 e. The van der Waals surface area contributed by atoms with Gasteiger partial charge in [0.15, 0.2) is 5.43 Å². The Hall–Kier alpha value is -2.49. The van der Waals surface area contributed by atoms with Crippen LogP contribution in [0, 0.1) is 0 Å². The molecule has 0 amide bonds. The van der Waals surface area contributed by atoms with E-state index in [1.807, 2.05) is 30.3 Å². The molecule has 90 valence electrons. The molecule has 0 unspecified atom stereocenters. The zero-order valence-electron chi connectivity index (χ0n) is 9.69. The van der Waals surface area contributed by atoms with Crippen molar-refractivity contribution < 1.29 is 4.74 Å². The summed E-state index contributed by atoms with van der Waals surface area (Å²) in [6.07, 6.45) is 6.72. The van der Waals surface area contributed by atoms with Crippen LogP contribution in [0.5, 0.6) is 5.75 Å². The van der Waals surface area contributed by atoms with Gasteiger partial charge in [-0.1, -0.05) is 24.3 Å². The minimum atomic E-state index is -0.123. The second-order valence-electron chi connectivity index (χ2n) is 3.52. The van der Waals surface area contributed by atoms with E-state index in [1.165, 1.54) is 24.0 Å². The van der Waals surface area contributed by atoms with Gasteiger partial charge in [-0.2, -0.15) is 10.2 Å².